The Hall–Kier alpha value is -2.28. The summed E-state index contributed by atoms with van der Waals surface area (Å²) in [7, 11) is 0. The lowest BCUT2D eigenvalue weighted by molar-refractivity contribution is 0.112. The van der Waals surface area contributed by atoms with Gasteiger partial charge in [-0.15, -0.1) is 0 Å². The van der Waals surface area contributed by atoms with Gasteiger partial charge in [0, 0.05) is 0 Å². The maximum atomic E-state index is 11.3. The quantitative estimate of drug-likeness (QED) is 0.746. The van der Waals surface area contributed by atoms with Crippen molar-refractivity contribution in [3.63, 3.8) is 0 Å². The molecular formula is C13H13ClN6O. The van der Waals surface area contributed by atoms with E-state index < -0.39 is 0 Å². The highest BCUT2D eigenvalue weighted by molar-refractivity contribution is 6.32. The third-order valence-corrected chi connectivity index (χ3v) is 3.43. The van der Waals surface area contributed by atoms with E-state index in [4.69, 9.17) is 11.6 Å². The van der Waals surface area contributed by atoms with E-state index in [0.29, 0.717) is 40.6 Å². The number of rotatable bonds is 4. The molecule has 0 unspecified atom stereocenters. The first-order valence-electron chi connectivity index (χ1n) is 6.48. The molecule has 0 aliphatic heterocycles. The molecule has 0 radical (unpaired) electrons. The fraction of sp³-hybridized carbons (Fsp3) is 0.308. The Kier molecular flexibility index (Phi) is 3.42. The fourth-order valence-corrected chi connectivity index (χ4v) is 2.43. The Balaban J connectivity index is 2.21. The lowest BCUT2D eigenvalue weighted by Gasteiger charge is -2.02. The van der Waals surface area contributed by atoms with Crippen molar-refractivity contribution in [2.75, 3.05) is 0 Å². The van der Waals surface area contributed by atoms with Gasteiger partial charge in [-0.1, -0.05) is 25.4 Å². The average molecular weight is 305 g/mol. The Bertz CT molecular complexity index is 806. The van der Waals surface area contributed by atoms with Gasteiger partial charge in [0.15, 0.2) is 17.8 Å². The van der Waals surface area contributed by atoms with E-state index in [0.717, 1.165) is 6.29 Å². The number of aromatic amines is 1. The van der Waals surface area contributed by atoms with Crippen LogP contribution >= 0.6 is 11.6 Å². The maximum absolute atomic E-state index is 11.3. The highest BCUT2D eigenvalue weighted by Gasteiger charge is 2.20. The fourth-order valence-electron chi connectivity index (χ4n) is 2.16. The van der Waals surface area contributed by atoms with Gasteiger partial charge in [-0.25, -0.2) is 19.6 Å². The molecule has 8 heteroatoms. The van der Waals surface area contributed by atoms with Crippen LogP contribution in [0.2, 0.25) is 5.15 Å². The van der Waals surface area contributed by atoms with Gasteiger partial charge in [-0.2, -0.15) is 5.10 Å². The summed E-state index contributed by atoms with van der Waals surface area (Å²) in [4.78, 5) is 26.6. The molecule has 1 N–H and O–H groups in total. The van der Waals surface area contributed by atoms with E-state index in [1.807, 2.05) is 0 Å². The van der Waals surface area contributed by atoms with Crippen LogP contribution in [0.4, 0.5) is 0 Å². The molecule has 0 saturated carbocycles. The van der Waals surface area contributed by atoms with Gasteiger partial charge in [-0.05, 0) is 12.3 Å². The van der Waals surface area contributed by atoms with Crippen molar-refractivity contribution < 1.29 is 4.79 Å². The summed E-state index contributed by atoms with van der Waals surface area (Å²) in [6.45, 7) is 4.11. The van der Waals surface area contributed by atoms with Crippen molar-refractivity contribution >= 4 is 29.1 Å². The third-order valence-electron chi connectivity index (χ3n) is 3.06. The third kappa shape index (κ3) is 2.29. The lowest BCUT2D eigenvalue weighted by atomic mass is 10.1. The number of carbonyl (C=O) groups excluding carboxylic acids is 1. The van der Waals surface area contributed by atoms with E-state index in [9.17, 15) is 4.79 Å². The van der Waals surface area contributed by atoms with Gasteiger partial charge in [0.2, 0.25) is 0 Å². The normalized spacial score (nSPS) is 11.4. The lowest BCUT2D eigenvalue weighted by Crippen LogP contribution is -2.03. The van der Waals surface area contributed by atoms with E-state index in [1.165, 1.54) is 17.3 Å². The molecule has 0 bridgehead atoms. The molecule has 21 heavy (non-hydrogen) atoms. The number of nitrogens with one attached hydrogen (secondary N) is 1. The molecule has 108 valence electrons. The summed E-state index contributed by atoms with van der Waals surface area (Å²) in [5, 5.41) is 4.68. The smallest absolute Gasteiger partial charge is 0.184 e. The number of halogens is 1. The zero-order chi connectivity index (χ0) is 15.0. The molecule has 0 atom stereocenters. The second-order valence-electron chi connectivity index (χ2n) is 5.08. The number of carbonyl (C=O) groups is 1. The van der Waals surface area contributed by atoms with Crippen LogP contribution < -0.4 is 0 Å². The van der Waals surface area contributed by atoms with E-state index >= 15 is 0 Å². The SMILES string of the molecule is CC(C)Cc1nn(-c2ncnc3nc[nH]c23)c(Cl)c1C=O. The standard InChI is InChI=1S/C13H13ClN6O/c1-7(2)3-9-8(4-21)11(14)20(19-9)13-10-12(16-5-15-10)17-6-18-13/h4-7H,3H2,1-2H3,(H,15,16,17,18). The van der Waals surface area contributed by atoms with Crippen LogP contribution in [-0.2, 0) is 6.42 Å². The Labute approximate surface area is 125 Å². The van der Waals surface area contributed by atoms with Crippen molar-refractivity contribution in [2.45, 2.75) is 20.3 Å². The van der Waals surface area contributed by atoms with Crippen molar-refractivity contribution in [3.05, 3.63) is 29.1 Å². The Morgan fingerprint density at radius 3 is 2.90 bits per heavy atom. The molecule has 0 aromatic carbocycles. The average Bonchev–Trinajstić information content (AvgIpc) is 3.02. The van der Waals surface area contributed by atoms with E-state index in [2.05, 4.69) is 38.9 Å². The molecule has 0 aliphatic carbocycles. The molecule has 3 aromatic rings. The van der Waals surface area contributed by atoms with Crippen LogP contribution in [0.15, 0.2) is 12.7 Å². The van der Waals surface area contributed by atoms with Gasteiger partial charge < -0.3 is 4.98 Å². The minimum atomic E-state index is 0.246. The van der Waals surface area contributed by atoms with Crippen LogP contribution in [-0.4, -0.2) is 36.0 Å². The minimum Gasteiger partial charge on any atom is -0.340 e. The number of aromatic nitrogens is 6. The number of hydrogen-bond acceptors (Lipinski definition) is 5. The summed E-state index contributed by atoms with van der Waals surface area (Å²) in [6.07, 6.45) is 4.31. The molecule has 3 rings (SSSR count). The van der Waals surface area contributed by atoms with Gasteiger partial charge >= 0.3 is 0 Å². The van der Waals surface area contributed by atoms with Crippen molar-refractivity contribution in [1.82, 2.24) is 29.7 Å². The summed E-state index contributed by atoms with van der Waals surface area (Å²) >= 11 is 6.29. The monoisotopic (exact) mass is 304 g/mol. The van der Waals surface area contributed by atoms with Crippen molar-refractivity contribution in [2.24, 2.45) is 5.92 Å². The first kappa shape index (κ1) is 13.7. The summed E-state index contributed by atoms with van der Waals surface area (Å²) in [5.41, 5.74) is 2.20. The van der Waals surface area contributed by atoms with E-state index in [1.54, 1.807) is 0 Å². The molecule has 0 saturated heterocycles. The van der Waals surface area contributed by atoms with Crippen LogP contribution in [0.5, 0.6) is 0 Å². The van der Waals surface area contributed by atoms with Gasteiger partial charge in [0.25, 0.3) is 0 Å². The number of nitrogens with zero attached hydrogens (tertiary/aromatic N) is 5. The molecule has 7 nitrogen and oxygen atoms in total. The molecule has 0 fully saturated rings. The predicted octanol–water partition coefficient (Wildman–Crippen LogP) is 2.20. The number of aldehydes is 1. The molecule has 3 heterocycles. The number of hydrogen-bond donors (Lipinski definition) is 1. The Morgan fingerprint density at radius 1 is 1.38 bits per heavy atom. The summed E-state index contributed by atoms with van der Waals surface area (Å²) < 4.78 is 1.45. The van der Waals surface area contributed by atoms with Crippen LogP contribution in [0, 0.1) is 5.92 Å². The molecule has 0 amide bonds. The van der Waals surface area contributed by atoms with Crippen molar-refractivity contribution in [1.29, 1.82) is 0 Å². The second kappa shape index (κ2) is 5.25. The van der Waals surface area contributed by atoms with Gasteiger partial charge in [0.05, 0.1) is 17.6 Å². The first-order valence-corrected chi connectivity index (χ1v) is 6.86. The highest BCUT2D eigenvalue weighted by Crippen LogP contribution is 2.25. The van der Waals surface area contributed by atoms with E-state index in [-0.39, 0.29) is 5.15 Å². The van der Waals surface area contributed by atoms with Crippen molar-refractivity contribution in [3.8, 4) is 5.82 Å². The minimum absolute atomic E-state index is 0.246. The Morgan fingerprint density at radius 2 is 2.19 bits per heavy atom. The van der Waals surface area contributed by atoms with Gasteiger partial charge in [-0.3, -0.25) is 4.79 Å². The number of imidazole rings is 1. The molecular weight excluding hydrogens is 292 g/mol. The second-order valence-corrected chi connectivity index (χ2v) is 5.44. The number of H-pyrrole nitrogens is 1. The van der Waals surface area contributed by atoms with Crippen LogP contribution in [0.25, 0.3) is 17.0 Å². The maximum Gasteiger partial charge on any atom is 0.184 e. The first-order chi connectivity index (χ1) is 10.1. The summed E-state index contributed by atoms with van der Waals surface area (Å²) in [5.74, 6) is 0.835. The van der Waals surface area contributed by atoms with Gasteiger partial charge in [0.1, 0.15) is 17.0 Å². The molecule has 3 aromatic heterocycles. The molecule has 0 aliphatic rings. The largest absolute Gasteiger partial charge is 0.340 e. The highest BCUT2D eigenvalue weighted by atomic mass is 35.5. The topological polar surface area (TPSA) is 89.3 Å². The predicted molar refractivity (Wildman–Crippen MR) is 77.7 cm³/mol. The van der Waals surface area contributed by atoms with Crippen LogP contribution in [0.3, 0.4) is 0 Å². The number of fused-ring (bicyclic) bond motifs is 1. The summed E-state index contributed by atoms with van der Waals surface area (Å²) in [6, 6.07) is 0. The zero-order valence-electron chi connectivity index (χ0n) is 11.5. The zero-order valence-corrected chi connectivity index (χ0v) is 12.3. The molecule has 0 spiro atoms. The van der Waals surface area contributed by atoms with Crippen LogP contribution in [0.1, 0.15) is 29.9 Å².